The van der Waals surface area contributed by atoms with E-state index in [4.69, 9.17) is 5.73 Å². The molecule has 1 aromatic rings. The van der Waals surface area contributed by atoms with Crippen molar-refractivity contribution < 1.29 is 9.31 Å². The largest absolute Gasteiger partial charge is 0.328 e. The lowest BCUT2D eigenvalue weighted by Gasteiger charge is -2.37. The van der Waals surface area contributed by atoms with E-state index in [1.807, 2.05) is 0 Å². The number of hydrogen-bond acceptors (Lipinski definition) is 4. The summed E-state index contributed by atoms with van der Waals surface area (Å²) in [6.07, 6.45) is 4.17. The first-order valence-electron chi connectivity index (χ1n) is 6.98. The summed E-state index contributed by atoms with van der Waals surface area (Å²) < 4.78 is 13.5. The predicted octanol–water partition coefficient (Wildman–Crippen LogP) is 2.19. The lowest BCUT2D eigenvalue weighted by Crippen LogP contribution is -2.46. The number of rotatable bonds is 3. The van der Waals surface area contributed by atoms with Crippen molar-refractivity contribution in [2.24, 2.45) is 5.73 Å². The molecular formula is C14H18FN3O2. The van der Waals surface area contributed by atoms with E-state index >= 15 is 0 Å². The summed E-state index contributed by atoms with van der Waals surface area (Å²) in [5.74, 6) is -0.546. The summed E-state index contributed by atoms with van der Waals surface area (Å²) >= 11 is 0. The van der Waals surface area contributed by atoms with Gasteiger partial charge >= 0.3 is 0 Å². The van der Waals surface area contributed by atoms with Gasteiger partial charge in [0.2, 0.25) is 0 Å². The summed E-state index contributed by atoms with van der Waals surface area (Å²) in [6, 6.07) is 4.95. The highest BCUT2D eigenvalue weighted by Gasteiger charge is 2.39. The Morgan fingerprint density at radius 3 is 2.55 bits per heavy atom. The van der Waals surface area contributed by atoms with E-state index in [-0.39, 0.29) is 11.7 Å². The monoisotopic (exact) mass is 279 g/mol. The van der Waals surface area contributed by atoms with Gasteiger partial charge in [0.25, 0.3) is 5.69 Å². The quantitative estimate of drug-likeness (QED) is 0.680. The van der Waals surface area contributed by atoms with Crippen LogP contribution in [-0.2, 0) is 6.54 Å². The van der Waals surface area contributed by atoms with Crippen molar-refractivity contribution in [3.05, 3.63) is 39.7 Å². The fourth-order valence-electron chi connectivity index (χ4n) is 3.62. The Kier molecular flexibility index (Phi) is 3.43. The van der Waals surface area contributed by atoms with E-state index in [1.54, 1.807) is 0 Å². The smallest absolute Gasteiger partial charge is 0.272 e. The Labute approximate surface area is 116 Å². The molecule has 2 bridgehead atoms. The molecule has 20 heavy (non-hydrogen) atoms. The van der Waals surface area contributed by atoms with Crippen molar-refractivity contribution in [1.29, 1.82) is 0 Å². The number of nitro benzene ring substituents is 1. The van der Waals surface area contributed by atoms with Crippen LogP contribution < -0.4 is 5.73 Å². The third-order valence-corrected chi connectivity index (χ3v) is 4.44. The van der Waals surface area contributed by atoms with E-state index in [2.05, 4.69) is 4.90 Å². The van der Waals surface area contributed by atoms with Crippen molar-refractivity contribution in [1.82, 2.24) is 4.90 Å². The van der Waals surface area contributed by atoms with Gasteiger partial charge in [0.1, 0.15) is 5.82 Å². The predicted molar refractivity (Wildman–Crippen MR) is 72.6 cm³/mol. The third-order valence-electron chi connectivity index (χ3n) is 4.44. The van der Waals surface area contributed by atoms with E-state index < -0.39 is 10.7 Å². The molecule has 2 fully saturated rings. The Hall–Kier alpha value is -1.53. The Balaban J connectivity index is 1.80. The second-order valence-corrected chi connectivity index (χ2v) is 5.86. The Bertz CT molecular complexity index is 523. The molecule has 0 radical (unpaired) electrons. The average molecular weight is 279 g/mol. The number of piperidine rings is 1. The highest BCUT2D eigenvalue weighted by molar-refractivity contribution is 5.35. The second-order valence-electron chi connectivity index (χ2n) is 5.86. The van der Waals surface area contributed by atoms with Crippen molar-refractivity contribution in [3.63, 3.8) is 0 Å². The third kappa shape index (κ3) is 2.53. The van der Waals surface area contributed by atoms with Gasteiger partial charge < -0.3 is 5.73 Å². The number of nitrogens with zero attached hydrogens (tertiary/aromatic N) is 2. The zero-order chi connectivity index (χ0) is 14.3. The highest BCUT2D eigenvalue weighted by Crippen LogP contribution is 2.36. The Morgan fingerprint density at radius 1 is 1.30 bits per heavy atom. The SMILES string of the molecule is NC1CC2CCC(C1)N2Cc1cc(F)cc([N+](=O)[O-])c1. The molecule has 2 aliphatic heterocycles. The van der Waals surface area contributed by atoms with Gasteiger partial charge in [-0.3, -0.25) is 15.0 Å². The lowest BCUT2D eigenvalue weighted by molar-refractivity contribution is -0.385. The topological polar surface area (TPSA) is 72.4 Å². The van der Waals surface area contributed by atoms with Crippen LogP contribution in [0.4, 0.5) is 10.1 Å². The zero-order valence-electron chi connectivity index (χ0n) is 11.2. The van der Waals surface area contributed by atoms with Crippen molar-refractivity contribution >= 4 is 5.69 Å². The van der Waals surface area contributed by atoms with Gasteiger partial charge in [-0.2, -0.15) is 0 Å². The molecule has 1 aromatic carbocycles. The standard InChI is InChI=1S/C14H18FN3O2/c15-10-3-9(4-14(5-10)18(19)20)8-17-12-1-2-13(17)7-11(16)6-12/h3-5,11-13H,1-2,6-8,16H2. The lowest BCUT2D eigenvalue weighted by atomic mass is 9.97. The number of nitro groups is 1. The van der Waals surface area contributed by atoms with Crippen LogP contribution in [0.15, 0.2) is 18.2 Å². The molecule has 0 amide bonds. The van der Waals surface area contributed by atoms with Crippen LogP contribution in [0.5, 0.6) is 0 Å². The first-order chi connectivity index (χ1) is 9.52. The van der Waals surface area contributed by atoms with Crippen molar-refractivity contribution in [2.45, 2.75) is 50.4 Å². The molecular weight excluding hydrogens is 261 g/mol. The maximum atomic E-state index is 13.5. The molecule has 3 rings (SSSR count). The maximum Gasteiger partial charge on any atom is 0.272 e. The Morgan fingerprint density at radius 2 is 1.95 bits per heavy atom. The maximum absolute atomic E-state index is 13.5. The number of nitrogens with two attached hydrogens (primary N) is 1. The van der Waals surface area contributed by atoms with E-state index in [0.29, 0.717) is 24.2 Å². The molecule has 0 aliphatic carbocycles. The molecule has 2 atom stereocenters. The van der Waals surface area contributed by atoms with Gasteiger partial charge in [-0.1, -0.05) is 0 Å². The number of benzene rings is 1. The van der Waals surface area contributed by atoms with Gasteiger partial charge in [0, 0.05) is 30.7 Å². The molecule has 0 spiro atoms. The number of hydrogen-bond donors (Lipinski definition) is 1. The van der Waals surface area contributed by atoms with Gasteiger partial charge in [-0.05, 0) is 37.3 Å². The van der Waals surface area contributed by atoms with Crippen LogP contribution in [-0.4, -0.2) is 27.9 Å². The van der Waals surface area contributed by atoms with Crippen LogP contribution in [0.25, 0.3) is 0 Å². The van der Waals surface area contributed by atoms with Crippen LogP contribution in [0.1, 0.15) is 31.2 Å². The minimum Gasteiger partial charge on any atom is -0.328 e. The normalized spacial score (nSPS) is 29.6. The number of non-ortho nitro benzene ring substituents is 1. The summed E-state index contributed by atoms with van der Waals surface area (Å²) in [7, 11) is 0. The molecule has 6 heteroatoms. The minimum atomic E-state index is -0.548. The highest BCUT2D eigenvalue weighted by atomic mass is 19.1. The molecule has 2 heterocycles. The van der Waals surface area contributed by atoms with E-state index in [0.717, 1.165) is 31.7 Å². The summed E-state index contributed by atoms with van der Waals surface area (Å²) in [5.41, 5.74) is 6.51. The minimum absolute atomic E-state index is 0.180. The average Bonchev–Trinajstić information content (AvgIpc) is 2.61. The second kappa shape index (κ2) is 5.10. The van der Waals surface area contributed by atoms with E-state index in [9.17, 15) is 14.5 Å². The number of halogens is 1. The molecule has 2 saturated heterocycles. The number of fused-ring (bicyclic) bond motifs is 2. The molecule has 2 N–H and O–H groups in total. The van der Waals surface area contributed by atoms with Crippen molar-refractivity contribution in [3.8, 4) is 0 Å². The summed E-state index contributed by atoms with van der Waals surface area (Å²) in [5, 5.41) is 10.8. The fourth-order valence-corrected chi connectivity index (χ4v) is 3.62. The van der Waals surface area contributed by atoms with Crippen LogP contribution in [0.3, 0.4) is 0 Å². The molecule has 0 saturated carbocycles. The first kappa shape index (κ1) is 13.5. The van der Waals surface area contributed by atoms with Gasteiger partial charge in [0.15, 0.2) is 0 Å². The van der Waals surface area contributed by atoms with Gasteiger partial charge in [-0.25, -0.2) is 4.39 Å². The summed E-state index contributed by atoms with van der Waals surface area (Å²) in [4.78, 5) is 12.6. The van der Waals surface area contributed by atoms with Crippen LogP contribution in [0, 0.1) is 15.9 Å². The van der Waals surface area contributed by atoms with E-state index in [1.165, 1.54) is 12.1 Å². The molecule has 108 valence electrons. The van der Waals surface area contributed by atoms with Gasteiger partial charge in [0.05, 0.1) is 11.0 Å². The molecule has 2 aliphatic rings. The fraction of sp³-hybridized carbons (Fsp3) is 0.571. The van der Waals surface area contributed by atoms with Crippen LogP contribution >= 0.6 is 0 Å². The molecule has 2 unspecified atom stereocenters. The van der Waals surface area contributed by atoms with Gasteiger partial charge in [-0.15, -0.1) is 0 Å². The zero-order valence-corrected chi connectivity index (χ0v) is 11.2. The van der Waals surface area contributed by atoms with Crippen molar-refractivity contribution in [2.75, 3.05) is 0 Å². The van der Waals surface area contributed by atoms with Crippen LogP contribution in [0.2, 0.25) is 0 Å². The first-order valence-corrected chi connectivity index (χ1v) is 6.98. The molecule has 5 nitrogen and oxygen atoms in total. The molecule has 0 aromatic heterocycles. The summed E-state index contributed by atoms with van der Waals surface area (Å²) in [6.45, 7) is 0.570.